The summed E-state index contributed by atoms with van der Waals surface area (Å²) in [5, 5.41) is 2.77. The van der Waals surface area contributed by atoms with E-state index in [0.29, 0.717) is 11.6 Å². The van der Waals surface area contributed by atoms with Crippen molar-refractivity contribution in [2.24, 2.45) is 0 Å². The number of hydrogen-bond donors (Lipinski definition) is 1. The molecule has 1 N–H and O–H groups in total. The zero-order valence-corrected chi connectivity index (χ0v) is 19.0. The fourth-order valence-electron chi connectivity index (χ4n) is 3.13. The maximum Gasteiger partial charge on any atom is 0.289 e. The first-order valence-electron chi connectivity index (χ1n) is 10.3. The van der Waals surface area contributed by atoms with E-state index in [0.717, 1.165) is 27.9 Å². The van der Waals surface area contributed by atoms with Crippen LogP contribution in [0.25, 0.3) is 11.3 Å². The molecule has 166 valence electrons. The maximum absolute atomic E-state index is 12.6. The predicted molar refractivity (Wildman–Crippen MR) is 123 cm³/mol. The molecule has 0 radical (unpaired) electrons. The summed E-state index contributed by atoms with van der Waals surface area (Å²) in [6.45, 7) is 7.91. The van der Waals surface area contributed by atoms with Crippen molar-refractivity contribution < 1.29 is 14.3 Å². The van der Waals surface area contributed by atoms with Gasteiger partial charge in [-0.1, -0.05) is 18.2 Å². The van der Waals surface area contributed by atoms with Crippen molar-refractivity contribution in [2.45, 2.75) is 27.7 Å². The van der Waals surface area contributed by atoms with Crippen LogP contribution in [0.1, 0.15) is 34.2 Å². The molecule has 32 heavy (non-hydrogen) atoms. The summed E-state index contributed by atoms with van der Waals surface area (Å²) in [5.41, 5.74) is 4.92. The van der Waals surface area contributed by atoms with Gasteiger partial charge < -0.3 is 10.1 Å². The number of rotatable bonds is 7. The van der Waals surface area contributed by atoms with E-state index in [1.807, 2.05) is 39.0 Å². The third-order valence-corrected chi connectivity index (χ3v) is 5.22. The van der Waals surface area contributed by atoms with Crippen molar-refractivity contribution in [3.63, 3.8) is 0 Å². The molecular formula is C24H27N5O3. The average Bonchev–Trinajstić information content (AvgIpc) is 2.78. The number of nitrogens with zero attached hydrogens (tertiary/aromatic N) is 4. The molecule has 2 aromatic heterocycles. The van der Waals surface area contributed by atoms with Crippen molar-refractivity contribution in [3.05, 3.63) is 65.2 Å². The molecule has 0 aliphatic carbocycles. The molecule has 0 saturated heterocycles. The van der Waals surface area contributed by atoms with Crippen molar-refractivity contribution in [3.8, 4) is 17.0 Å². The number of carbonyl (C=O) groups excluding carboxylic acids is 2. The van der Waals surface area contributed by atoms with Gasteiger partial charge in [0.1, 0.15) is 6.61 Å². The second-order valence-corrected chi connectivity index (χ2v) is 7.48. The molecule has 8 heteroatoms. The second kappa shape index (κ2) is 10.00. The molecule has 1 aromatic carbocycles. The van der Waals surface area contributed by atoms with Gasteiger partial charge in [-0.05, 0) is 49.6 Å². The number of nitrogens with one attached hydrogen (secondary N) is 1. The lowest BCUT2D eigenvalue weighted by Crippen LogP contribution is -2.30. The predicted octanol–water partition coefficient (Wildman–Crippen LogP) is 3.26. The third kappa shape index (κ3) is 5.08. The van der Waals surface area contributed by atoms with Gasteiger partial charge in [-0.2, -0.15) is 0 Å². The van der Waals surface area contributed by atoms with Crippen LogP contribution in [0.4, 0.5) is 5.82 Å². The van der Waals surface area contributed by atoms with E-state index in [1.165, 1.54) is 11.8 Å². The summed E-state index contributed by atoms with van der Waals surface area (Å²) >= 11 is 0. The Kier molecular flexibility index (Phi) is 7.14. The number of aromatic nitrogens is 3. The van der Waals surface area contributed by atoms with E-state index < -0.39 is 0 Å². The highest BCUT2D eigenvalue weighted by atomic mass is 16.5. The fourth-order valence-corrected chi connectivity index (χ4v) is 3.13. The van der Waals surface area contributed by atoms with Gasteiger partial charge in [0, 0.05) is 31.9 Å². The van der Waals surface area contributed by atoms with Crippen LogP contribution in [0, 0.1) is 20.8 Å². The molecule has 0 aliphatic rings. The van der Waals surface area contributed by atoms with E-state index in [-0.39, 0.29) is 30.8 Å². The Morgan fingerprint density at radius 2 is 1.84 bits per heavy atom. The van der Waals surface area contributed by atoms with E-state index in [9.17, 15) is 9.59 Å². The number of hydrogen-bond acceptors (Lipinski definition) is 6. The Hall–Kier alpha value is -3.81. The van der Waals surface area contributed by atoms with Crippen LogP contribution in [-0.2, 0) is 4.79 Å². The number of benzene rings is 1. The first-order chi connectivity index (χ1) is 15.3. The molecular weight excluding hydrogens is 406 g/mol. The van der Waals surface area contributed by atoms with Crippen LogP contribution < -0.4 is 15.0 Å². The molecule has 3 rings (SSSR count). The molecule has 0 spiro atoms. The Bertz CT molecular complexity index is 1150. The number of anilines is 1. The van der Waals surface area contributed by atoms with Crippen LogP contribution in [0.2, 0.25) is 0 Å². The van der Waals surface area contributed by atoms with E-state index in [2.05, 4.69) is 20.3 Å². The first kappa shape index (κ1) is 22.9. The summed E-state index contributed by atoms with van der Waals surface area (Å²) < 4.78 is 5.72. The minimum absolute atomic E-state index is 0.102. The summed E-state index contributed by atoms with van der Waals surface area (Å²) in [6.07, 6.45) is 3.25. The largest absolute Gasteiger partial charge is 0.488 e. The number of carbonyl (C=O) groups is 2. The van der Waals surface area contributed by atoms with Crippen molar-refractivity contribution >= 4 is 17.6 Å². The van der Waals surface area contributed by atoms with Crippen molar-refractivity contribution in [1.82, 2.24) is 20.3 Å². The Morgan fingerprint density at radius 3 is 2.59 bits per heavy atom. The highest BCUT2D eigenvalue weighted by molar-refractivity contribution is 5.91. The van der Waals surface area contributed by atoms with Crippen LogP contribution in [0.15, 0.2) is 42.7 Å². The summed E-state index contributed by atoms with van der Waals surface area (Å²) in [7, 11) is 1.63. The summed E-state index contributed by atoms with van der Waals surface area (Å²) in [5.74, 6) is 0.449. The molecule has 0 bridgehead atoms. The normalized spacial score (nSPS) is 10.5. The molecule has 2 amide bonds. The highest BCUT2D eigenvalue weighted by Crippen LogP contribution is 2.26. The number of amides is 2. The number of aryl methyl sites for hydroxylation is 2. The monoisotopic (exact) mass is 433 g/mol. The minimum Gasteiger partial charge on any atom is -0.488 e. The number of pyridine rings is 1. The van der Waals surface area contributed by atoms with Crippen LogP contribution in [0.3, 0.4) is 0 Å². The second-order valence-electron chi connectivity index (χ2n) is 7.48. The van der Waals surface area contributed by atoms with Gasteiger partial charge in [-0.25, -0.2) is 15.0 Å². The molecule has 8 nitrogen and oxygen atoms in total. The van der Waals surface area contributed by atoms with E-state index in [1.54, 1.807) is 31.6 Å². The van der Waals surface area contributed by atoms with Gasteiger partial charge in [0.25, 0.3) is 5.91 Å². The highest BCUT2D eigenvalue weighted by Gasteiger charge is 2.16. The molecule has 0 aliphatic heterocycles. The van der Waals surface area contributed by atoms with Gasteiger partial charge in [0.05, 0.1) is 12.2 Å². The van der Waals surface area contributed by atoms with Gasteiger partial charge in [-0.15, -0.1) is 0 Å². The molecule has 0 saturated carbocycles. The summed E-state index contributed by atoms with van der Waals surface area (Å²) in [6, 6.07) is 9.47. The van der Waals surface area contributed by atoms with E-state index in [4.69, 9.17) is 4.74 Å². The molecule has 0 fully saturated rings. The first-order valence-corrected chi connectivity index (χ1v) is 10.3. The smallest absolute Gasteiger partial charge is 0.289 e. The van der Waals surface area contributed by atoms with E-state index >= 15 is 0 Å². The molecule has 3 aromatic rings. The fraction of sp³-hybridized carbons (Fsp3) is 0.292. The van der Waals surface area contributed by atoms with Gasteiger partial charge in [-0.3, -0.25) is 14.5 Å². The van der Waals surface area contributed by atoms with Gasteiger partial charge in [0.15, 0.2) is 11.6 Å². The van der Waals surface area contributed by atoms with Crippen LogP contribution in [-0.4, -0.2) is 47.0 Å². The van der Waals surface area contributed by atoms with Crippen LogP contribution >= 0.6 is 0 Å². The van der Waals surface area contributed by atoms with Crippen molar-refractivity contribution in [2.75, 3.05) is 25.1 Å². The third-order valence-electron chi connectivity index (χ3n) is 5.22. The number of ether oxygens (including phenoxy) is 1. The molecule has 2 heterocycles. The lowest BCUT2D eigenvalue weighted by Gasteiger charge is -2.17. The zero-order chi connectivity index (χ0) is 23.3. The Labute approximate surface area is 187 Å². The molecule has 0 atom stereocenters. The zero-order valence-electron chi connectivity index (χ0n) is 19.0. The Morgan fingerprint density at radius 1 is 1.06 bits per heavy atom. The quantitative estimate of drug-likeness (QED) is 0.575. The summed E-state index contributed by atoms with van der Waals surface area (Å²) in [4.78, 5) is 38.5. The standard InChI is InChI=1S/C24H27N5O3/c1-15-8-6-9-19(17(15)3)21-16(2)14-27-22(28-21)24(31)26-12-13-32-20-10-7-11-25-23(20)29(5)18(4)30/h6-11,14H,12-13H2,1-5H3,(H,26,31). The topological polar surface area (TPSA) is 97.3 Å². The lowest BCUT2D eigenvalue weighted by atomic mass is 9.99. The Balaban J connectivity index is 1.66. The minimum atomic E-state index is -0.382. The van der Waals surface area contributed by atoms with Crippen LogP contribution in [0.5, 0.6) is 5.75 Å². The van der Waals surface area contributed by atoms with Gasteiger partial charge >= 0.3 is 0 Å². The average molecular weight is 434 g/mol. The van der Waals surface area contributed by atoms with Gasteiger partial charge in [0.2, 0.25) is 11.7 Å². The SMILES string of the molecule is CC(=O)N(C)c1ncccc1OCCNC(=O)c1ncc(C)c(-c2cccc(C)c2C)n1. The van der Waals surface area contributed by atoms with Crippen molar-refractivity contribution in [1.29, 1.82) is 0 Å². The molecule has 0 unspecified atom stereocenters. The maximum atomic E-state index is 12.6. The lowest BCUT2D eigenvalue weighted by molar-refractivity contribution is -0.116.